The molecule has 2 aromatic heterocycles. The van der Waals surface area contributed by atoms with Crippen LogP contribution >= 0.6 is 0 Å². The fourth-order valence-electron chi connectivity index (χ4n) is 6.03. The maximum atomic E-state index is 12.6. The molecule has 2 aliphatic heterocycles. The second kappa shape index (κ2) is 12.7. The molecule has 3 aromatic rings. The summed E-state index contributed by atoms with van der Waals surface area (Å²) in [6, 6.07) is 7.84. The van der Waals surface area contributed by atoms with Gasteiger partial charge in [-0.1, -0.05) is 6.07 Å². The molecular formula is C33H44N4O5. The molecule has 1 aromatic carbocycles. The van der Waals surface area contributed by atoms with Gasteiger partial charge in [0, 0.05) is 50.8 Å². The third-order valence-electron chi connectivity index (χ3n) is 8.42. The van der Waals surface area contributed by atoms with Crippen molar-refractivity contribution >= 4 is 16.9 Å². The first-order valence-electron chi connectivity index (χ1n) is 15.1. The number of hydrogen-bond donors (Lipinski definition) is 0. The van der Waals surface area contributed by atoms with Crippen LogP contribution in [0.5, 0.6) is 11.5 Å². The van der Waals surface area contributed by atoms with Crippen LogP contribution in [-0.4, -0.2) is 77.5 Å². The fraction of sp³-hybridized carbons (Fsp3) is 0.545. The maximum absolute atomic E-state index is 12.6. The number of pyridine rings is 2. The second-order valence-corrected chi connectivity index (χ2v) is 12.7. The molecule has 0 saturated carbocycles. The topological polar surface area (TPSA) is 86.1 Å². The zero-order valence-electron chi connectivity index (χ0n) is 25.6. The van der Waals surface area contributed by atoms with Crippen molar-refractivity contribution in [3.63, 3.8) is 0 Å². The number of aromatic nitrogens is 2. The lowest BCUT2D eigenvalue weighted by molar-refractivity contribution is 0.0162. The van der Waals surface area contributed by atoms with Gasteiger partial charge in [-0.05, 0) is 101 Å². The van der Waals surface area contributed by atoms with Crippen molar-refractivity contribution in [3.8, 4) is 22.6 Å². The number of piperidine rings is 2. The Morgan fingerprint density at radius 3 is 2.38 bits per heavy atom. The Hall–Kier alpha value is -3.59. The number of ether oxygens (including phenoxy) is 3. The first-order valence-corrected chi connectivity index (χ1v) is 15.1. The minimum absolute atomic E-state index is 0.0663. The zero-order chi connectivity index (χ0) is 29.9. The van der Waals surface area contributed by atoms with Crippen molar-refractivity contribution in [2.45, 2.75) is 52.1 Å². The monoisotopic (exact) mass is 576 g/mol. The maximum Gasteiger partial charge on any atom is 0.410 e. The molecule has 2 fully saturated rings. The summed E-state index contributed by atoms with van der Waals surface area (Å²) in [5.74, 6) is 2.54. The Bertz CT molecular complexity index is 1450. The highest BCUT2D eigenvalue weighted by Gasteiger charge is 2.29. The molecular weight excluding hydrogens is 532 g/mol. The Labute approximate surface area is 248 Å². The van der Waals surface area contributed by atoms with Crippen LogP contribution in [-0.2, 0) is 11.8 Å². The fourth-order valence-corrected chi connectivity index (χ4v) is 6.03. The normalized spacial score (nSPS) is 17.4. The van der Waals surface area contributed by atoms with Crippen molar-refractivity contribution < 1.29 is 19.0 Å². The van der Waals surface area contributed by atoms with E-state index in [1.165, 1.54) is 0 Å². The van der Waals surface area contributed by atoms with E-state index in [1.807, 2.05) is 56.1 Å². The van der Waals surface area contributed by atoms with Gasteiger partial charge < -0.3 is 28.6 Å². The number of carbonyl (C=O) groups excluding carboxylic acids is 1. The summed E-state index contributed by atoms with van der Waals surface area (Å²) >= 11 is 0. The number of hydrogen-bond acceptors (Lipinski definition) is 7. The average molecular weight is 577 g/mol. The quantitative estimate of drug-likeness (QED) is 0.375. The highest BCUT2D eigenvalue weighted by Crippen LogP contribution is 2.35. The molecule has 1 amide bonds. The summed E-state index contributed by atoms with van der Waals surface area (Å²) < 4.78 is 19.1. The largest absolute Gasteiger partial charge is 0.493 e. The molecule has 4 heterocycles. The van der Waals surface area contributed by atoms with Crippen LogP contribution in [0.15, 0.2) is 47.7 Å². The molecule has 0 atom stereocenters. The summed E-state index contributed by atoms with van der Waals surface area (Å²) in [6.45, 7) is 11.2. The minimum Gasteiger partial charge on any atom is -0.493 e. The molecule has 0 N–H and O–H groups in total. The van der Waals surface area contributed by atoms with Crippen LogP contribution < -0.4 is 15.0 Å². The number of likely N-dealkylation sites (tertiary alicyclic amines) is 2. The van der Waals surface area contributed by atoms with Crippen molar-refractivity contribution in [2.75, 3.05) is 46.4 Å². The molecule has 42 heavy (non-hydrogen) atoms. The number of methoxy groups -OCH3 is 1. The van der Waals surface area contributed by atoms with Gasteiger partial charge >= 0.3 is 6.09 Å². The van der Waals surface area contributed by atoms with Crippen molar-refractivity contribution in [1.82, 2.24) is 19.4 Å². The number of aryl methyl sites for hydroxylation is 1. The molecule has 5 rings (SSSR count). The third kappa shape index (κ3) is 7.06. The number of amides is 1. The van der Waals surface area contributed by atoms with Gasteiger partial charge in [-0.2, -0.15) is 0 Å². The van der Waals surface area contributed by atoms with E-state index in [0.29, 0.717) is 29.6 Å². The van der Waals surface area contributed by atoms with Gasteiger partial charge in [-0.15, -0.1) is 0 Å². The standard InChI is InChI=1S/C33H44N4O5/c1-33(2,3)42-32(39)37-16-11-23(12-17-37)20-36-14-9-24(10-15-36)22-41-29-7-6-25(18-30(29)40-5)28-21-35(4)31(38)27-19-34-13-8-26(27)28/h6-8,13,18-19,21,23-24H,9-12,14-17,20,22H2,1-5H3. The number of fused-ring (bicyclic) bond motifs is 1. The Balaban J connectivity index is 1.12. The molecule has 9 nitrogen and oxygen atoms in total. The second-order valence-electron chi connectivity index (χ2n) is 12.7. The van der Waals surface area contributed by atoms with Gasteiger partial charge in [0.25, 0.3) is 5.56 Å². The number of carbonyl (C=O) groups is 1. The number of nitrogens with zero attached hydrogens (tertiary/aromatic N) is 4. The van der Waals surface area contributed by atoms with Crippen LogP contribution in [0, 0.1) is 11.8 Å². The highest BCUT2D eigenvalue weighted by molar-refractivity contribution is 5.95. The van der Waals surface area contributed by atoms with Gasteiger partial charge in [-0.3, -0.25) is 9.78 Å². The van der Waals surface area contributed by atoms with Crippen LogP contribution in [0.2, 0.25) is 0 Å². The minimum atomic E-state index is -0.450. The lowest BCUT2D eigenvalue weighted by atomic mass is 9.93. The summed E-state index contributed by atoms with van der Waals surface area (Å²) in [6.07, 6.45) is 9.28. The van der Waals surface area contributed by atoms with E-state index in [0.717, 1.165) is 80.7 Å². The molecule has 0 unspecified atom stereocenters. The van der Waals surface area contributed by atoms with Crippen molar-refractivity contribution in [1.29, 1.82) is 0 Å². The molecule has 0 radical (unpaired) electrons. The van der Waals surface area contributed by atoms with Crippen molar-refractivity contribution in [2.24, 2.45) is 18.9 Å². The van der Waals surface area contributed by atoms with Gasteiger partial charge in [0.1, 0.15) is 5.60 Å². The van der Waals surface area contributed by atoms with Gasteiger partial charge in [-0.25, -0.2) is 4.79 Å². The highest BCUT2D eigenvalue weighted by atomic mass is 16.6. The van der Waals surface area contributed by atoms with E-state index < -0.39 is 5.60 Å². The van der Waals surface area contributed by atoms with Gasteiger partial charge in [0.2, 0.25) is 0 Å². The van der Waals surface area contributed by atoms with Gasteiger partial charge in [0.05, 0.1) is 19.1 Å². The van der Waals surface area contributed by atoms with Crippen LogP contribution in [0.1, 0.15) is 46.5 Å². The lowest BCUT2D eigenvalue weighted by Crippen LogP contribution is -2.45. The number of rotatable bonds is 7. The Morgan fingerprint density at radius 1 is 0.976 bits per heavy atom. The number of benzene rings is 1. The van der Waals surface area contributed by atoms with Crippen LogP contribution in [0.3, 0.4) is 0 Å². The van der Waals surface area contributed by atoms with E-state index in [4.69, 9.17) is 14.2 Å². The van der Waals surface area contributed by atoms with Crippen LogP contribution in [0.25, 0.3) is 21.9 Å². The summed E-state index contributed by atoms with van der Waals surface area (Å²) in [7, 11) is 3.42. The summed E-state index contributed by atoms with van der Waals surface area (Å²) in [4.78, 5) is 33.5. The first-order chi connectivity index (χ1) is 20.1. The molecule has 0 aliphatic carbocycles. The van der Waals surface area contributed by atoms with E-state index >= 15 is 0 Å². The van der Waals surface area contributed by atoms with Crippen LogP contribution in [0.4, 0.5) is 4.79 Å². The zero-order valence-corrected chi connectivity index (χ0v) is 25.6. The van der Waals surface area contributed by atoms with E-state index in [-0.39, 0.29) is 11.7 Å². The Kier molecular flexibility index (Phi) is 9.06. The summed E-state index contributed by atoms with van der Waals surface area (Å²) in [5.41, 5.74) is 1.39. The van der Waals surface area contributed by atoms with E-state index in [9.17, 15) is 9.59 Å². The smallest absolute Gasteiger partial charge is 0.410 e. The molecule has 0 spiro atoms. The SMILES string of the molecule is COc1cc(-c2cn(C)c(=O)c3cnccc23)ccc1OCC1CCN(CC2CCN(C(=O)OC(C)(C)C)CC2)CC1. The predicted molar refractivity (Wildman–Crippen MR) is 164 cm³/mol. The molecule has 9 heteroatoms. The van der Waals surface area contributed by atoms with Crippen molar-refractivity contribution in [3.05, 3.63) is 53.2 Å². The average Bonchev–Trinajstić information content (AvgIpc) is 2.98. The predicted octanol–water partition coefficient (Wildman–Crippen LogP) is 5.35. The molecule has 226 valence electrons. The van der Waals surface area contributed by atoms with E-state index in [1.54, 1.807) is 31.1 Å². The third-order valence-corrected chi connectivity index (χ3v) is 8.42. The van der Waals surface area contributed by atoms with Gasteiger partial charge in [0.15, 0.2) is 11.5 Å². The van der Waals surface area contributed by atoms with E-state index in [2.05, 4.69) is 9.88 Å². The Morgan fingerprint density at radius 2 is 1.69 bits per heavy atom. The first kappa shape index (κ1) is 29.9. The summed E-state index contributed by atoms with van der Waals surface area (Å²) in [5, 5.41) is 1.46. The lowest BCUT2D eigenvalue weighted by Gasteiger charge is -2.38. The molecule has 2 saturated heterocycles. The molecule has 2 aliphatic rings. The molecule has 0 bridgehead atoms.